The van der Waals surface area contributed by atoms with Gasteiger partial charge in [0.05, 0.1) is 4.90 Å². The molecular weight excluding hydrogens is 352 g/mol. The Morgan fingerprint density at radius 1 is 1.04 bits per heavy atom. The fraction of sp³-hybridized carbons (Fsp3) is 0.125. The van der Waals surface area contributed by atoms with Crippen molar-refractivity contribution in [3.63, 3.8) is 0 Å². The first-order valence-electron chi connectivity index (χ1n) is 7.11. The second-order valence-electron chi connectivity index (χ2n) is 5.31. The van der Waals surface area contributed by atoms with Gasteiger partial charge < -0.3 is 5.32 Å². The van der Waals surface area contributed by atoms with Gasteiger partial charge in [-0.1, -0.05) is 17.7 Å². The predicted molar refractivity (Wildman–Crippen MR) is 89.9 cm³/mol. The van der Waals surface area contributed by atoms with Crippen LogP contribution in [0.4, 0.5) is 10.5 Å². The summed E-state index contributed by atoms with van der Waals surface area (Å²) in [6.45, 7) is 0. The smallest absolute Gasteiger partial charge is 0.307 e. The Morgan fingerprint density at radius 3 is 2.46 bits per heavy atom. The minimum Gasteiger partial charge on any atom is -0.307 e. The van der Waals surface area contributed by atoms with E-state index in [1.807, 2.05) is 4.72 Å². The van der Waals surface area contributed by atoms with Crippen molar-refractivity contribution >= 4 is 39.1 Å². The van der Waals surface area contributed by atoms with Crippen LogP contribution in [0, 0.1) is 0 Å². The van der Waals surface area contributed by atoms with E-state index in [0.29, 0.717) is 29.1 Å². The number of carbonyl (C=O) groups is 2. The molecule has 6 nitrogen and oxygen atoms in total. The molecule has 0 saturated carbocycles. The van der Waals surface area contributed by atoms with E-state index in [1.54, 1.807) is 30.3 Å². The lowest BCUT2D eigenvalue weighted by Crippen LogP contribution is -2.34. The van der Waals surface area contributed by atoms with Crippen LogP contribution < -0.4 is 10.0 Å². The second-order valence-corrected chi connectivity index (χ2v) is 7.43. The maximum absolute atomic E-state index is 12.3. The molecule has 0 spiro atoms. The molecule has 0 aromatic heterocycles. The monoisotopic (exact) mass is 364 g/mol. The Bertz CT molecular complexity index is 924. The second kappa shape index (κ2) is 6.26. The summed E-state index contributed by atoms with van der Waals surface area (Å²) in [4.78, 5) is 23.5. The normalized spacial score (nSPS) is 13.5. The minimum absolute atomic E-state index is 0.0901. The molecule has 0 heterocycles. The fourth-order valence-corrected chi connectivity index (χ4v) is 3.51. The third-order valence-electron chi connectivity index (χ3n) is 3.64. The van der Waals surface area contributed by atoms with E-state index in [-0.39, 0.29) is 10.7 Å². The molecule has 2 N–H and O–H groups in total. The van der Waals surface area contributed by atoms with Crippen LogP contribution in [0.15, 0.2) is 47.4 Å². The zero-order valence-electron chi connectivity index (χ0n) is 12.4. The van der Waals surface area contributed by atoms with E-state index in [2.05, 4.69) is 5.32 Å². The number of halogens is 1. The predicted octanol–water partition coefficient (Wildman–Crippen LogP) is 2.98. The number of amides is 2. The van der Waals surface area contributed by atoms with Crippen molar-refractivity contribution in [1.29, 1.82) is 0 Å². The van der Waals surface area contributed by atoms with Crippen molar-refractivity contribution in [2.24, 2.45) is 0 Å². The highest BCUT2D eigenvalue weighted by molar-refractivity contribution is 7.90. The Kier molecular flexibility index (Phi) is 4.29. The van der Waals surface area contributed by atoms with Crippen molar-refractivity contribution < 1.29 is 18.0 Å². The van der Waals surface area contributed by atoms with Crippen LogP contribution in [0.2, 0.25) is 5.02 Å². The number of benzene rings is 2. The molecule has 3 rings (SSSR count). The van der Waals surface area contributed by atoms with Crippen molar-refractivity contribution in [1.82, 2.24) is 4.72 Å². The zero-order valence-corrected chi connectivity index (χ0v) is 13.9. The first-order valence-corrected chi connectivity index (χ1v) is 8.97. The summed E-state index contributed by atoms with van der Waals surface area (Å²) in [5.41, 5.74) is 1.62. The summed E-state index contributed by atoms with van der Waals surface area (Å²) in [6, 6.07) is 9.62. The number of carbonyl (C=O) groups excluding carboxylic acids is 2. The van der Waals surface area contributed by atoms with Gasteiger partial charge in [-0.25, -0.2) is 17.9 Å². The summed E-state index contributed by atoms with van der Waals surface area (Å²) < 4.78 is 26.5. The van der Waals surface area contributed by atoms with Crippen LogP contribution in [-0.4, -0.2) is 20.2 Å². The highest BCUT2D eigenvalue weighted by atomic mass is 35.5. The summed E-state index contributed by atoms with van der Waals surface area (Å²) >= 11 is 5.74. The molecule has 0 atom stereocenters. The molecule has 2 aromatic carbocycles. The first kappa shape index (κ1) is 16.5. The molecule has 0 bridgehead atoms. The van der Waals surface area contributed by atoms with Crippen LogP contribution in [0.5, 0.6) is 0 Å². The fourth-order valence-electron chi connectivity index (χ4n) is 2.45. The third kappa shape index (κ3) is 3.42. The molecule has 0 fully saturated rings. The van der Waals surface area contributed by atoms with Gasteiger partial charge >= 0.3 is 6.03 Å². The number of urea groups is 1. The lowest BCUT2D eigenvalue weighted by atomic mass is 10.1. The number of rotatable bonds is 3. The van der Waals surface area contributed by atoms with E-state index < -0.39 is 16.1 Å². The molecule has 1 aliphatic rings. The van der Waals surface area contributed by atoms with Crippen molar-refractivity contribution in [3.05, 3.63) is 58.6 Å². The number of fused-ring (bicyclic) bond motifs is 1. The minimum atomic E-state index is -4.07. The highest BCUT2D eigenvalue weighted by Gasteiger charge is 2.24. The van der Waals surface area contributed by atoms with Crippen LogP contribution in [0.25, 0.3) is 0 Å². The summed E-state index contributed by atoms with van der Waals surface area (Å²) in [7, 11) is -4.07. The molecule has 0 aliphatic heterocycles. The average molecular weight is 365 g/mol. The van der Waals surface area contributed by atoms with Crippen molar-refractivity contribution in [3.8, 4) is 0 Å². The third-order valence-corrected chi connectivity index (χ3v) is 5.22. The number of ketones is 1. The van der Waals surface area contributed by atoms with E-state index in [4.69, 9.17) is 11.6 Å². The van der Waals surface area contributed by atoms with Crippen molar-refractivity contribution in [2.75, 3.05) is 5.32 Å². The van der Waals surface area contributed by atoms with E-state index in [9.17, 15) is 18.0 Å². The largest absolute Gasteiger partial charge is 0.333 e. The van der Waals surface area contributed by atoms with Crippen LogP contribution in [0.3, 0.4) is 0 Å². The average Bonchev–Trinajstić information content (AvgIpc) is 2.90. The van der Waals surface area contributed by atoms with E-state index in [0.717, 1.165) is 5.56 Å². The van der Waals surface area contributed by atoms with Crippen LogP contribution in [-0.2, 0) is 16.4 Å². The molecular formula is C16H13ClN2O4S. The molecule has 24 heavy (non-hydrogen) atoms. The summed E-state index contributed by atoms with van der Waals surface area (Å²) in [6.07, 6.45) is 0.988. The van der Waals surface area contributed by atoms with E-state index >= 15 is 0 Å². The molecule has 0 unspecified atom stereocenters. The lowest BCUT2D eigenvalue weighted by Gasteiger charge is -2.09. The quantitative estimate of drug-likeness (QED) is 0.875. The van der Waals surface area contributed by atoms with Crippen molar-refractivity contribution in [2.45, 2.75) is 17.7 Å². The number of nitrogens with one attached hydrogen (secondary N) is 2. The molecule has 1 aliphatic carbocycles. The van der Waals surface area contributed by atoms with Gasteiger partial charge in [-0.2, -0.15) is 0 Å². The Hall–Kier alpha value is -2.38. The zero-order chi connectivity index (χ0) is 17.3. The maximum Gasteiger partial charge on any atom is 0.333 e. The summed E-state index contributed by atoms with van der Waals surface area (Å²) in [5.74, 6) is -0.0901. The first-order chi connectivity index (χ1) is 11.3. The number of hydrogen-bond acceptors (Lipinski definition) is 4. The SMILES string of the molecule is O=C(Nc1ccc(Cl)cc1)NS(=O)(=O)c1ccc2c(c1)C(=O)CC2. The van der Waals surface area contributed by atoms with Gasteiger partial charge in [-0.3, -0.25) is 4.79 Å². The van der Waals surface area contributed by atoms with Crippen LogP contribution in [0.1, 0.15) is 22.3 Å². The number of sulfonamides is 1. The van der Waals surface area contributed by atoms with Gasteiger partial charge in [0.2, 0.25) is 0 Å². The molecule has 2 aromatic rings. The van der Waals surface area contributed by atoms with Gasteiger partial charge in [-0.05, 0) is 48.4 Å². The molecule has 8 heteroatoms. The van der Waals surface area contributed by atoms with Gasteiger partial charge in [0, 0.05) is 22.7 Å². The Labute approximate surface area is 143 Å². The number of anilines is 1. The Morgan fingerprint density at radius 2 is 1.75 bits per heavy atom. The Balaban J connectivity index is 1.76. The standard InChI is InChI=1S/C16H13ClN2O4S/c17-11-3-5-12(6-4-11)18-16(21)19-24(22,23)13-7-1-10-2-8-15(20)14(10)9-13/h1,3-7,9H,2,8H2,(H2,18,19,21). The maximum atomic E-state index is 12.3. The molecule has 124 valence electrons. The number of Topliss-reactive ketones (excluding diaryl/α,β-unsaturated/α-hetero) is 1. The van der Waals surface area contributed by atoms with Gasteiger partial charge in [0.15, 0.2) is 5.78 Å². The van der Waals surface area contributed by atoms with E-state index in [1.165, 1.54) is 12.1 Å². The highest BCUT2D eigenvalue weighted by Crippen LogP contribution is 2.24. The van der Waals surface area contributed by atoms with Gasteiger partial charge in [-0.15, -0.1) is 0 Å². The van der Waals surface area contributed by atoms with Gasteiger partial charge in [0.25, 0.3) is 10.0 Å². The van der Waals surface area contributed by atoms with Crippen LogP contribution >= 0.6 is 11.6 Å². The molecule has 0 radical (unpaired) electrons. The lowest BCUT2D eigenvalue weighted by molar-refractivity contribution is 0.0994. The molecule has 0 saturated heterocycles. The number of hydrogen-bond donors (Lipinski definition) is 2. The topological polar surface area (TPSA) is 92.3 Å². The van der Waals surface area contributed by atoms with Gasteiger partial charge in [0.1, 0.15) is 0 Å². The summed E-state index contributed by atoms with van der Waals surface area (Å²) in [5, 5.41) is 2.90. The molecule has 2 amide bonds. The number of aryl methyl sites for hydroxylation is 1.